The highest BCUT2D eigenvalue weighted by Gasteiger charge is 1.54. The van der Waals surface area contributed by atoms with Gasteiger partial charge in [0.15, 0.2) is 0 Å². The molecule has 0 radical (unpaired) electrons. The molecule has 0 fully saturated rings. The molecule has 28 valence electrons. The lowest BCUT2D eigenvalue weighted by Crippen LogP contribution is -1.40. The fraction of sp³-hybridized carbons (Fsp3) is 0. The Kier molecular flexibility index (Phi) is 2.93. The smallest absolute Gasteiger partial charge is 0.0919 e. The third kappa shape index (κ3) is 2.72. The molecule has 0 bridgehead atoms. The molecule has 0 saturated heterocycles. The second-order valence-corrected chi connectivity index (χ2v) is 0.592. The summed E-state index contributed by atoms with van der Waals surface area (Å²) in [4.78, 5) is 0. The molecule has 0 N–H and O–H groups in total. The van der Waals surface area contributed by atoms with Crippen molar-refractivity contribution < 1.29 is 0 Å². The Balaban J connectivity index is 3.36. The normalized spacial score (nSPS) is 7.00. The highest BCUT2D eigenvalue weighted by atomic mass is 14.2. The average molecular weight is 78.1 g/mol. The number of rotatable bonds is 0. The first-order valence-electron chi connectivity index (χ1n) is 1.36. The zero-order chi connectivity index (χ0) is 4.83. The summed E-state index contributed by atoms with van der Waals surface area (Å²) in [7, 11) is 0. The van der Waals surface area contributed by atoms with E-state index >= 15 is 0 Å². The van der Waals surface area contributed by atoms with Crippen molar-refractivity contribution in [3.63, 3.8) is 0 Å². The number of hydrogen-bond acceptors (Lipinski definition) is 2. The van der Waals surface area contributed by atoms with E-state index in [2.05, 4.69) is 0 Å². The molecule has 0 amide bonds. The lowest BCUT2D eigenvalue weighted by atomic mass is 10.6. The van der Waals surface area contributed by atoms with E-state index in [4.69, 9.17) is 10.5 Å². The Bertz CT molecular complexity index is 105. The lowest BCUT2D eigenvalue weighted by molar-refractivity contribution is 1.52. The fourth-order valence-corrected chi connectivity index (χ4v) is 0.0745. The third-order valence-corrected chi connectivity index (χ3v) is 0.232. The van der Waals surface area contributed by atoms with Gasteiger partial charge in [-0.25, -0.2) is 0 Å². The van der Waals surface area contributed by atoms with Crippen molar-refractivity contribution in [2.24, 2.45) is 0 Å². The zero-order valence-corrected chi connectivity index (χ0v) is 3.05. The first-order chi connectivity index (χ1) is 2.91. The van der Waals surface area contributed by atoms with Crippen molar-refractivity contribution in [2.75, 3.05) is 0 Å². The highest BCUT2D eigenvalue weighted by Crippen LogP contribution is 1.59. The van der Waals surface area contributed by atoms with Crippen molar-refractivity contribution in [1.29, 1.82) is 10.5 Å². The molecule has 0 aliphatic rings. The molecule has 6 heavy (non-hydrogen) atoms. The molecule has 0 aromatic rings. The van der Waals surface area contributed by atoms with Gasteiger partial charge in [0.05, 0.1) is 12.1 Å². The Morgan fingerprint density at radius 2 is 1.33 bits per heavy atom. The number of allylic oxidation sites excluding steroid dienone is 2. The van der Waals surface area contributed by atoms with E-state index in [1.54, 1.807) is 12.1 Å². The van der Waals surface area contributed by atoms with E-state index in [-0.39, 0.29) is 0 Å². The van der Waals surface area contributed by atoms with E-state index in [0.717, 1.165) is 12.2 Å². The van der Waals surface area contributed by atoms with Gasteiger partial charge >= 0.3 is 0 Å². The number of nitrogens with zero attached hydrogens (tertiary/aromatic N) is 2. The molecule has 0 aliphatic carbocycles. The minimum Gasteiger partial charge on any atom is -0.193 e. The molecular weight excluding hydrogens is 76.1 g/mol. The van der Waals surface area contributed by atoms with Gasteiger partial charge in [-0.05, 0) is 0 Å². The van der Waals surface area contributed by atoms with Crippen molar-refractivity contribution in [3.05, 3.63) is 12.2 Å². The topological polar surface area (TPSA) is 47.6 Å². The van der Waals surface area contributed by atoms with Crippen LogP contribution < -0.4 is 0 Å². The summed E-state index contributed by atoms with van der Waals surface area (Å²) in [6.07, 6.45) is 2.25. The standard InChI is InChI=1S/C4H2N2/c5-3-1-2-4-6/h1-2H. The summed E-state index contributed by atoms with van der Waals surface area (Å²) in [6.45, 7) is 0. The largest absolute Gasteiger partial charge is 0.193 e. The van der Waals surface area contributed by atoms with Gasteiger partial charge in [-0.3, -0.25) is 0 Å². The Morgan fingerprint density at radius 1 is 1.00 bits per heavy atom. The maximum atomic E-state index is 7.71. The quantitative estimate of drug-likeness (QED) is 0.398. The second kappa shape index (κ2) is 3.72. The minimum absolute atomic E-state index is 1.12. The Morgan fingerprint density at radius 3 is 1.50 bits per heavy atom. The molecule has 2 nitrogen and oxygen atoms in total. The number of hydrogen-bond donors (Lipinski definition) is 0. The minimum atomic E-state index is 1.12. The van der Waals surface area contributed by atoms with Crippen LogP contribution in [0.2, 0.25) is 0 Å². The summed E-state index contributed by atoms with van der Waals surface area (Å²) >= 11 is 0. The first kappa shape index (κ1) is 4.72. The van der Waals surface area contributed by atoms with Gasteiger partial charge in [-0.15, -0.1) is 0 Å². The molecule has 0 atom stereocenters. The second-order valence-electron chi connectivity index (χ2n) is 0.592. The predicted octanol–water partition coefficient (Wildman–Crippen LogP) is 0.590. The van der Waals surface area contributed by atoms with E-state index in [1.807, 2.05) is 0 Å². The van der Waals surface area contributed by atoms with E-state index in [1.165, 1.54) is 0 Å². The summed E-state index contributed by atoms with van der Waals surface area (Å²) < 4.78 is 0. The van der Waals surface area contributed by atoms with Crippen LogP contribution in [0.3, 0.4) is 0 Å². The molecule has 0 saturated carbocycles. The van der Waals surface area contributed by atoms with Gasteiger partial charge in [-0.1, -0.05) is 0 Å². The third-order valence-electron chi connectivity index (χ3n) is 0.232. The summed E-state index contributed by atoms with van der Waals surface area (Å²) in [5.74, 6) is 0. The van der Waals surface area contributed by atoms with Crippen LogP contribution in [-0.4, -0.2) is 0 Å². The molecule has 0 aliphatic heterocycles. The van der Waals surface area contributed by atoms with Crippen LogP contribution in [0.4, 0.5) is 0 Å². The molecule has 0 aromatic carbocycles. The molecule has 0 spiro atoms. The van der Waals surface area contributed by atoms with Crippen LogP contribution in [-0.2, 0) is 0 Å². The summed E-state index contributed by atoms with van der Waals surface area (Å²) in [5.41, 5.74) is 0. The molecule has 0 unspecified atom stereocenters. The Labute approximate surface area is 35.9 Å². The van der Waals surface area contributed by atoms with Crippen LogP contribution in [0.5, 0.6) is 0 Å². The van der Waals surface area contributed by atoms with Crippen LogP contribution >= 0.6 is 0 Å². The maximum Gasteiger partial charge on any atom is 0.0919 e. The zero-order valence-electron chi connectivity index (χ0n) is 3.05. The van der Waals surface area contributed by atoms with E-state index in [0.29, 0.717) is 0 Å². The summed E-state index contributed by atoms with van der Waals surface area (Å²) in [5, 5.41) is 15.4. The van der Waals surface area contributed by atoms with Crippen molar-refractivity contribution in [2.45, 2.75) is 0 Å². The van der Waals surface area contributed by atoms with Crippen molar-refractivity contribution >= 4 is 0 Å². The average Bonchev–Trinajstić information content (AvgIpc) is 1.61. The fourth-order valence-electron chi connectivity index (χ4n) is 0.0745. The van der Waals surface area contributed by atoms with Gasteiger partial charge in [0.2, 0.25) is 0 Å². The van der Waals surface area contributed by atoms with Crippen LogP contribution in [0.25, 0.3) is 0 Å². The van der Waals surface area contributed by atoms with E-state index < -0.39 is 0 Å². The monoisotopic (exact) mass is 78.0 g/mol. The molecule has 0 heterocycles. The SMILES string of the molecule is N#CC=CC#N. The predicted molar refractivity (Wildman–Crippen MR) is 20.4 cm³/mol. The highest BCUT2D eigenvalue weighted by molar-refractivity contribution is 5.11. The molecule has 0 aromatic heterocycles. The van der Waals surface area contributed by atoms with Gasteiger partial charge in [0.1, 0.15) is 0 Å². The lowest BCUT2D eigenvalue weighted by Gasteiger charge is -1.46. The van der Waals surface area contributed by atoms with Gasteiger partial charge < -0.3 is 0 Å². The van der Waals surface area contributed by atoms with Crippen LogP contribution in [0.15, 0.2) is 12.2 Å². The molecular formula is C4H2N2. The molecule has 2 heteroatoms. The maximum absolute atomic E-state index is 7.71. The van der Waals surface area contributed by atoms with Crippen LogP contribution in [0, 0.1) is 22.7 Å². The van der Waals surface area contributed by atoms with Crippen molar-refractivity contribution in [3.8, 4) is 12.1 Å². The molecule has 0 rings (SSSR count). The van der Waals surface area contributed by atoms with Gasteiger partial charge in [0.25, 0.3) is 0 Å². The van der Waals surface area contributed by atoms with Gasteiger partial charge in [-0.2, -0.15) is 10.5 Å². The Hall–Kier alpha value is -1.28. The summed E-state index contributed by atoms with van der Waals surface area (Å²) in [6, 6.07) is 3.33. The van der Waals surface area contributed by atoms with E-state index in [9.17, 15) is 0 Å². The van der Waals surface area contributed by atoms with Crippen molar-refractivity contribution in [1.82, 2.24) is 0 Å². The number of nitriles is 2. The first-order valence-corrected chi connectivity index (χ1v) is 1.36. The van der Waals surface area contributed by atoms with Crippen LogP contribution in [0.1, 0.15) is 0 Å². The van der Waals surface area contributed by atoms with Gasteiger partial charge in [0, 0.05) is 12.2 Å².